The molecular formula is C12H19NO4. The molecule has 0 spiro atoms. The molecule has 1 saturated carbocycles. The number of carbonyl (C=O) groups excluding carboxylic acids is 1. The zero-order valence-corrected chi connectivity index (χ0v) is 10.5. The van der Waals surface area contributed by atoms with Gasteiger partial charge in [-0.05, 0) is 39.5 Å². The standard InChI is InChI=1S/C12H19NO4/c1-12(2,3)17-11(16)13-6-4-5-7-8(9(7)13)10(14)15/h7-9H,4-6H2,1-3H3,(H,14,15)/t7-,8?,9-/m1/s1. The molecular weight excluding hydrogens is 222 g/mol. The van der Waals surface area contributed by atoms with Crippen LogP contribution in [-0.2, 0) is 9.53 Å². The number of carbonyl (C=O) groups is 2. The topological polar surface area (TPSA) is 66.8 Å². The predicted molar refractivity (Wildman–Crippen MR) is 60.6 cm³/mol. The number of piperidine rings is 1. The van der Waals surface area contributed by atoms with Gasteiger partial charge in [-0.1, -0.05) is 0 Å². The van der Waals surface area contributed by atoms with Crippen molar-refractivity contribution in [3.8, 4) is 0 Å². The quantitative estimate of drug-likeness (QED) is 0.759. The maximum absolute atomic E-state index is 11.9. The van der Waals surface area contributed by atoms with Crippen LogP contribution in [0.5, 0.6) is 0 Å². The third kappa shape index (κ3) is 2.37. The van der Waals surface area contributed by atoms with E-state index < -0.39 is 11.6 Å². The van der Waals surface area contributed by atoms with E-state index in [2.05, 4.69) is 0 Å². The van der Waals surface area contributed by atoms with Gasteiger partial charge < -0.3 is 14.7 Å². The third-order valence-corrected chi connectivity index (χ3v) is 3.34. The van der Waals surface area contributed by atoms with Crippen molar-refractivity contribution in [2.75, 3.05) is 6.54 Å². The minimum atomic E-state index is -0.796. The van der Waals surface area contributed by atoms with E-state index in [-0.39, 0.29) is 24.0 Å². The molecule has 96 valence electrons. The number of hydrogen-bond acceptors (Lipinski definition) is 3. The number of fused-ring (bicyclic) bond motifs is 1. The summed E-state index contributed by atoms with van der Waals surface area (Å²) in [4.78, 5) is 24.5. The zero-order valence-electron chi connectivity index (χ0n) is 10.5. The molecule has 5 heteroatoms. The smallest absolute Gasteiger partial charge is 0.410 e. The number of rotatable bonds is 1. The third-order valence-electron chi connectivity index (χ3n) is 3.34. The fourth-order valence-electron chi connectivity index (χ4n) is 2.64. The Morgan fingerprint density at radius 1 is 1.35 bits per heavy atom. The Balaban J connectivity index is 2.02. The van der Waals surface area contributed by atoms with Crippen LogP contribution in [0, 0.1) is 11.8 Å². The van der Waals surface area contributed by atoms with Gasteiger partial charge in [-0.3, -0.25) is 4.79 Å². The molecule has 1 unspecified atom stereocenters. The first-order valence-corrected chi connectivity index (χ1v) is 6.04. The zero-order chi connectivity index (χ0) is 12.8. The number of hydrogen-bond donors (Lipinski definition) is 1. The molecule has 5 nitrogen and oxygen atoms in total. The van der Waals surface area contributed by atoms with Gasteiger partial charge in [0.2, 0.25) is 0 Å². The first-order chi connectivity index (χ1) is 7.81. The molecule has 0 radical (unpaired) electrons. The van der Waals surface area contributed by atoms with Gasteiger partial charge in [0.1, 0.15) is 5.60 Å². The summed E-state index contributed by atoms with van der Waals surface area (Å²) in [5.74, 6) is -1.05. The Morgan fingerprint density at radius 3 is 2.53 bits per heavy atom. The van der Waals surface area contributed by atoms with Gasteiger partial charge in [-0.15, -0.1) is 0 Å². The van der Waals surface area contributed by atoms with Gasteiger partial charge in [0.05, 0.1) is 12.0 Å². The Labute approximate surface area is 101 Å². The molecule has 3 atom stereocenters. The number of carboxylic acid groups (broad SMARTS) is 1. The summed E-state index contributed by atoms with van der Waals surface area (Å²) in [7, 11) is 0. The van der Waals surface area contributed by atoms with Crippen LogP contribution in [0.1, 0.15) is 33.6 Å². The second-order valence-electron chi connectivity index (χ2n) is 5.83. The van der Waals surface area contributed by atoms with Crippen LogP contribution in [0.2, 0.25) is 0 Å². The second-order valence-corrected chi connectivity index (χ2v) is 5.83. The van der Waals surface area contributed by atoms with E-state index in [1.165, 1.54) is 0 Å². The normalized spacial score (nSPS) is 31.7. The van der Waals surface area contributed by atoms with E-state index in [9.17, 15) is 9.59 Å². The van der Waals surface area contributed by atoms with Crippen LogP contribution < -0.4 is 0 Å². The monoisotopic (exact) mass is 241 g/mol. The van der Waals surface area contributed by atoms with Gasteiger partial charge >= 0.3 is 12.1 Å². The van der Waals surface area contributed by atoms with Crippen LogP contribution in [-0.4, -0.2) is 40.3 Å². The predicted octanol–water partition coefficient (Wildman–Crippen LogP) is 1.72. The molecule has 0 aromatic rings. The molecule has 0 aromatic carbocycles. The summed E-state index contributed by atoms with van der Waals surface area (Å²) in [5.41, 5.74) is -0.530. The van der Waals surface area contributed by atoms with Crippen LogP contribution in [0.25, 0.3) is 0 Å². The lowest BCUT2D eigenvalue weighted by molar-refractivity contribution is -0.139. The van der Waals surface area contributed by atoms with Gasteiger partial charge in [0.25, 0.3) is 0 Å². The van der Waals surface area contributed by atoms with Gasteiger partial charge in [-0.2, -0.15) is 0 Å². The van der Waals surface area contributed by atoms with E-state index >= 15 is 0 Å². The molecule has 1 heterocycles. The van der Waals surface area contributed by atoms with Crippen molar-refractivity contribution in [3.63, 3.8) is 0 Å². The molecule has 1 amide bonds. The highest BCUT2D eigenvalue weighted by Crippen LogP contribution is 2.49. The SMILES string of the molecule is CC(C)(C)OC(=O)N1CCC[C@@H]2C(C(=O)O)[C@@H]21. The van der Waals surface area contributed by atoms with Crippen LogP contribution in [0.3, 0.4) is 0 Å². The van der Waals surface area contributed by atoms with E-state index in [0.29, 0.717) is 6.54 Å². The maximum atomic E-state index is 11.9. The van der Waals surface area contributed by atoms with E-state index in [1.54, 1.807) is 4.90 Å². The number of nitrogens with zero attached hydrogens (tertiary/aromatic N) is 1. The number of amides is 1. The summed E-state index contributed by atoms with van der Waals surface area (Å²) < 4.78 is 5.30. The fourth-order valence-corrected chi connectivity index (χ4v) is 2.64. The van der Waals surface area contributed by atoms with E-state index in [1.807, 2.05) is 20.8 Å². The van der Waals surface area contributed by atoms with Crippen molar-refractivity contribution in [1.29, 1.82) is 0 Å². The van der Waals surface area contributed by atoms with Crippen molar-refractivity contribution in [1.82, 2.24) is 4.90 Å². The summed E-state index contributed by atoms with van der Waals surface area (Å²) >= 11 is 0. The largest absolute Gasteiger partial charge is 0.481 e. The van der Waals surface area contributed by atoms with Crippen molar-refractivity contribution >= 4 is 12.1 Å². The van der Waals surface area contributed by atoms with Gasteiger partial charge in [-0.25, -0.2) is 4.79 Å². The Morgan fingerprint density at radius 2 is 2.00 bits per heavy atom. The molecule has 2 aliphatic rings. The maximum Gasteiger partial charge on any atom is 0.410 e. The molecule has 2 fully saturated rings. The Bertz CT molecular complexity index is 347. The molecule has 1 saturated heterocycles. The van der Waals surface area contributed by atoms with E-state index in [4.69, 9.17) is 9.84 Å². The number of likely N-dealkylation sites (tertiary alicyclic amines) is 1. The number of carboxylic acids is 1. The molecule has 1 aliphatic carbocycles. The van der Waals surface area contributed by atoms with Crippen LogP contribution in [0.15, 0.2) is 0 Å². The first-order valence-electron chi connectivity index (χ1n) is 6.04. The summed E-state index contributed by atoms with van der Waals surface area (Å²) in [6, 6.07) is -0.143. The Hall–Kier alpha value is -1.26. The van der Waals surface area contributed by atoms with Crippen molar-refractivity contribution in [2.45, 2.75) is 45.3 Å². The minimum absolute atomic E-state index is 0.133. The van der Waals surface area contributed by atoms with Crippen molar-refractivity contribution in [2.24, 2.45) is 11.8 Å². The second kappa shape index (κ2) is 3.89. The Kier molecular flexibility index (Phi) is 2.79. The first kappa shape index (κ1) is 12.2. The lowest BCUT2D eigenvalue weighted by Gasteiger charge is -2.29. The highest BCUT2D eigenvalue weighted by Gasteiger charge is 2.60. The van der Waals surface area contributed by atoms with Crippen LogP contribution >= 0.6 is 0 Å². The highest BCUT2D eigenvalue weighted by atomic mass is 16.6. The summed E-state index contributed by atoms with van der Waals surface area (Å²) in [6.45, 7) is 6.05. The summed E-state index contributed by atoms with van der Waals surface area (Å²) in [6.07, 6.45) is 1.39. The minimum Gasteiger partial charge on any atom is -0.481 e. The van der Waals surface area contributed by atoms with Crippen LogP contribution in [0.4, 0.5) is 4.79 Å². The highest BCUT2D eigenvalue weighted by molar-refractivity contribution is 5.78. The summed E-state index contributed by atoms with van der Waals surface area (Å²) in [5, 5.41) is 9.04. The fraction of sp³-hybridized carbons (Fsp3) is 0.833. The lowest BCUT2D eigenvalue weighted by atomic mass is 10.1. The number of aliphatic carboxylic acids is 1. The average molecular weight is 241 g/mol. The van der Waals surface area contributed by atoms with Gasteiger partial charge in [0, 0.05) is 6.54 Å². The molecule has 17 heavy (non-hydrogen) atoms. The number of ether oxygens (including phenoxy) is 1. The molecule has 1 aliphatic heterocycles. The van der Waals surface area contributed by atoms with Gasteiger partial charge in [0.15, 0.2) is 0 Å². The molecule has 1 N–H and O–H groups in total. The molecule has 0 bridgehead atoms. The molecule has 0 aromatic heterocycles. The average Bonchev–Trinajstić information content (AvgIpc) is 2.87. The lowest BCUT2D eigenvalue weighted by Crippen LogP contribution is -2.41. The van der Waals surface area contributed by atoms with Crippen molar-refractivity contribution in [3.05, 3.63) is 0 Å². The van der Waals surface area contributed by atoms with Crippen molar-refractivity contribution < 1.29 is 19.4 Å². The van der Waals surface area contributed by atoms with E-state index in [0.717, 1.165) is 12.8 Å². The molecule has 2 rings (SSSR count).